The number of aryl methyl sites for hydroxylation is 2. The minimum Gasteiger partial charge on any atom is -0.480 e. The van der Waals surface area contributed by atoms with Crippen LogP contribution in [0.2, 0.25) is 0 Å². The summed E-state index contributed by atoms with van der Waals surface area (Å²) < 4.78 is 0. The van der Waals surface area contributed by atoms with E-state index >= 15 is 0 Å². The Morgan fingerprint density at radius 3 is 2.76 bits per heavy atom. The first-order valence-electron chi connectivity index (χ1n) is 13.8. The number of aliphatic carboxylic acids is 1. The molecule has 8 nitrogen and oxygen atoms in total. The van der Waals surface area contributed by atoms with Crippen molar-refractivity contribution < 1.29 is 9.90 Å². The zero-order valence-corrected chi connectivity index (χ0v) is 22.0. The molecule has 0 amide bonds. The van der Waals surface area contributed by atoms with E-state index in [-0.39, 0.29) is 0 Å². The fourth-order valence-electron chi connectivity index (χ4n) is 4.92. The molecule has 4 rings (SSSR count). The number of fused-ring (bicyclic) bond motifs is 2. The van der Waals surface area contributed by atoms with Crippen molar-refractivity contribution in [3.05, 3.63) is 54.0 Å². The van der Waals surface area contributed by atoms with E-state index in [4.69, 9.17) is 4.98 Å². The molecule has 3 heterocycles. The van der Waals surface area contributed by atoms with Crippen LogP contribution in [0.1, 0.15) is 63.1 Å². The number of benzene rings is 1. The number of carbonyl (C=O) groups is 1. The van der Waals surface area contributed by atoms with E-state index in [1.807, 2.05) is 24.3 Å². The lowest BCUT2D eigenvalue weighted by Crippen LogP contribution is -2.36. The van der Waals surface area contributed by atoms with Gasteiger partial charge in [0.1, 0.15) is 24.0 Å². The number of anilines is 2. The number of nitrogens with one attached hydrogen (secondary N) is 2. The Kier molecular flexibility index (Phi) is 10.1. The molecule has 1 unspecified atom stereocenters. The molecule has 8 heteroatoms. The molecule has 0 fully saturated rings. The Labute approximate surface area is 219 Å². The fraction of sp³-hybridized carbons (Fsp3) is 0.517. The van der Waals surface area contributed by atoms with Crippen molar-refractivity contribution in [2.45, 2.75) is 70.8 Å². The molecule has 37 heavy (non-hydrogen) atoms. The lowest BCUT2D eigenvalue weighted by molar-refractivity contribution is -0.138. The minimum atomic E-state index is -0.858. The van der Waals surface area contributed by atoms with Crippen LogP contribution in [0.5, 0.6) is 0 Å². The molecule has 198 valence electrons. The summed E-state index contributed by atoms with van der Waals surface area (Å²) in [5.41, 5.74) is 3.28. The van der Waals surface area contributed by atoms with Crippen molar-refractivity contribution in [2.24, 2.45) is 0 Å². The van der Waals surface area contributed by atoms with Gasteiger partial charge < -0.3 is 20.6 Å². The van der Waals surface area contributed by atoms with Crippen LogP contribution >= 0.6 is 0 Å². The van der Waals surface area contributed by atoms with E-state index in [2.05, 4.69) is 44.6 Å². The maximum Gasteiger partial charge on any atom is 0.326 e. The molecule has 0 bridgehead atoms. The average Bonchev–Trinajstić information content (AvgIpc) is 2.92. The first kappa shape index (κ1) is 26.8. The molecule has 0 aliphatic carbocycles. The van der Waals surface area contributed by atoms with Crippen LogP contribution in [0.3, 0.4) is 0 Å². The first-order valence-corrected chi connectivity index (χ1v) is 13.8. The summed E-state index contributed by atoms with van der Waals surface area (Å²) in [5, 5.41) is 17.3. The Morgan fingerprint density at radius 1 is 1.08 bits per heavy atom. The largest absolute Gasteiger partial charge is 0.480 e. The van der Waals surface area contributed by atoms with Gasteiger partial charge in [0, 0.05) is 24.2 Å². The van der Waals surface area contributed by atoms with Gasteiger partial charge >= 0.3 is 5.97 Å². The highest BCUT2D eigenvalue weighted by Crippen LogP contribution is 2.21. The third-order valence-electron chi connectivity index (χ3n) is 7.07. The minimum absolute atomic E-state index is 0.512. The van der Waals surface area contributed by atoms with Gasteiger partial charge in [0.15, 0.2) is 0 Å². The quantitative estimate of drug-likeness (QED) is 0.244. The number of nitrogens with zero attached hydrogens (tertiary/aromatic N) is 4. The summed E-state index contributed by atoms with van der Waals surface area (Å²) in [6.07, 6.45) is 10.9. The first-order chi connectivity index (χ1) is 18.1. The van der Waals surface area contributed by atoms with Crippen LogP contribution in [0.15, 0.2) is 42.7 Å². The highest BCUT2D eigenvalue weighted by atomic mass is 16.4. The van der Waals surface area contributed by atoms with Crippen molar-refractivity contribution in [3.8, 4) is 0 Å². The van der Waals surface area contributed by atoms with Gasteiger partial charge in [0.25, 0.3) is 0 Å². The molecule has 0 saturated heterocycles. The lowest BCUT2D eigenvalue weighted by Gasteiger charge is -2.25. The molecule has 3 N–H and O–H groups in total. The molecular weight excluding hydrogens is 464 g/mol. The van der Waals surface area contributed by atoms with Crippen LogP contribution < -0.4 is 10.6 Å². The molecule has 0 saturated carbocycles. The van der Waals surface area contributed by atoms with Gasteiger partial charge in [-0.15, -0.1) is 0 Å². The normalized spacial score (nSPS) is 13.8. The highest BCUT2D eigenvalue weighted by molar-refractivity contribution is 5.90. The number of pyridine rings is 1. The Balaban J connectivity index is 1.30. The predicted molar refractivity (Wildman–Crippen MR) is 149 cm³/mol. The van der Waals surface area contributed by atoms with Crippen LogP contribution in [0, 0.1) is 0 Å². The SMILES string of the molecule is CCCCCN(CCCCc1ccc2c(n1)NCCC2)CCC(Nc1ncnc2ccccc12)C(=O)O. The summed E-state index contributed by atoms with van der Waals surface area (Å²) in [5.74, 6) is 0.777. The van der Waals surface area contributed by atoms with Gasteiger partial charge in [0.2, 0.25) is 0 Å². The summed E-state index contributed by atoms with van der Waals surface area (Å²) in [4.78, 5) is 27.9. The van der Waals surface area contributed by atoms with E-state index in [0.29, 0.717) is 12.2 Å². The Hall–Kier alpha value is -3.26. The number of para-hydroxylation sites is 1. The number of aromatic nitrogens is 3. The fourth-order valence-corrected chi connectivity index (χ4v) is 4.92. The lowest BCUT2D eigenvalue weighted by atomic mass is 10.1. The number of hydrogen-bond donors (Lipinski definition) is 3. The number of unbranched alkanes of at least 4 members (excludes halogenated alkanes) is 3. The summed E-state index contributed by atoms with van der Waals surface area (Å²) >= 11 is 0. The monoisotopic (exact) mass is 504 g/mol. The maximum atomic E-state index is 12.1. The van der Waals surface area contributed by atoms with Gasteiger partial charge in [-0.2, -0.15) is 0 Å². The third kappa shape index (κ3) is 7.86. The standard InChI is InChI=1S/C29H40N6O2/c1-2-3-7-18-35(19-8-6-11-23-15-14-22-10-9-17-30-27(22)33-23)20-16-26(29(36)37)34-28-24-12-4-5-13-25(24)31-21-32-28/h4-5,12-15,21,26H,2-3,6-11,16-20H2,1H3,(H,30,33)(H,36,37)(H,31,32,34). The summed E-state index contributed by atoms with van der Waals surface area (Å²) in [6, 6.07) is 11.3. The molecule has 1 aliphatic rings. The number of hydrogen-bond acceptors (Lipinski definition) is 7. The van der Waals surface area contributed by atoms with Gasteiger partial charge in [-0.1, -0.05) is 38.0 Å². The number of rotatable bonds is 15. The molecular formula is C29H40N6O2. The van der Waals surface area contributed by atoms with Crippen molar-refractivity contribution >= 4 is 28.5 Å². The van der Waals surface area contributed by atoms with E-state index in [9.17, 15) is 9.90 Å². The molecule has 3 aromatic rings. The predicted octanol–water partition coefficient (Wildman–Crippen LogP) is 5.15. The molecule has 0 spiro atoms. The van der Waals surface area contributed by atoms with Crippen LogP contribution in [-0.4, -0.2) is 63.1 Å². The molecule has 2 aromatic heterocycles. The second kappa shape index (κ2) is 13.9. The number of carboxylic acid groups (broad SMARTS) is 1. The highest BCUT2D eigenvalue weighted by Gasteiger charge is 2.20. The van der Waals surface area contributed by atoms with Gasteiger partial charge in [-0.05, 0) is 81.8 Å². The van der Waals surface area contributed by atoms with E-state index in [0.717, 1.165) is 80.7 Å². The third-order valence-corrected chi connectivity index (χ3v) is 7.07. The average molecular weight is 505 g/mol. The van der Waals surface area contributed by atoms with Gasteiger partial charge in [-0.3, -0.25) is 0 Å². The van der Waals surface area contributed by atoms with E-state index in [1.54, 1.807) is 0 Å². The van der Waals surface area contributed by atoms with Crippen LogP contribution in [0.4, 0.5) is 11.6 Å². The zero-order chi connectivity index (χ0) is 25.9. The second-order valence-electron chi connectivity index (χ2n) is 9.91. The van der Waals surface area contributed by atoms with E-state index < -0.39 is 12.0 Å². The number of carboxylic acids is 1. The van der Waals surface area contributed by atoms with Crippen molar-refractivity contribution in [2.75, 3.05) is 36.8 Å². The topological polar surface area (TPSA) is 103 Å². The zero-order valence-electron chi connectivity index (χ0n) is 22.0. The molecule has 0 radical (unpaired) electrons. The molecule has 1 aromatic carbocycles. The summed E-state index contributed by atoms with van der Waals surface area (Å²) in [6.45, 7) is 5.92. The van der Waals surface area contributed by atoms with E-state index in [1.165, 1.54) is 31.2 Å². The van der Waals surface area contributed by atoms with Gasteiger partial charge in [0.05, 0.1) is 5.52 Å². The van der Waals surface area contributed by atoms with Crippen molar-refractivity contribution in [1.29, 1.82) is 0 Å². The van der Waals surface area contributed by atoms with Crippen LogP contribution in [-0.2, 0) is 17.6 Å². The maximum absolute atomic E-state index is 12.1. The second-order valence-corrected chi connectivity index (χ2v) is 9.91. The molecule has 1 aliphatic heterocycles. The van der Waals surface area contributed by atoms with Crippen molar-refractivity contribution in [1.82, 2.24) is 19.9 Å². The Bertz CT molecular complexity index is 1150. The Morgan fingerprint density at radius 2 is 1.92 bits per heavy atom. The van der Waals surface area contributed by atoms with Crippen molar-refractivity contribution in [3.63, 3.8) is 0 Å². The summed E-state index contributed by atoms with van der Waals surface area (Å²) in [7, 11) is 0. The molecule has 1 atom stereocenters. The van der Waals surface area contributed by atoms with Crippen LogP contribution in [0.25, 0.3) is 10.9 Å². The van der Waals surface area contributed by atoms with Gasteiger partial charge in [-0.25, -0.2) is 19.7 Å². The smallest absolute Gasteiger partial charge is 0.326 e.